The highest BCUT2D eigenvalue weighted by Gasteiger charge is 2.34. The second-order valence-corrected chi connectivity index (χ2v) is 6.27. The second kappa shape index (κ2) is 5.54. The lowest BCUT2D eigenvalue weighted by Gasteiger charge is -2.47. The Bertz CT molecular complexity index is 429. The molecule has 1 fully saturated rings. The quantitative estimate of drug-likeness (QED) is 0.881. The van der Waals surface area contributed by atoms with E-state index in [1.807, 2.05) is 0 Å². The number of para-hydroxylation sites is 1. The second-order valence-electron chi connectivity index (χ2n) is 6.27. The Balaban J connectivity index is 1.93. The first-order chi connectivity index (χ1) is 9.31. The maximum Gasteiger partial charge on any atom is 0.0403 e. The van der Waals surface area contributed by atoms with Gasteiger partial charge in [0.05, 0.1) is 0 Å². The predicted octanol–water partition coefficient (Wildman–Crippen LogP) is 3.35. The first kappa shape index (κ1) is 13.0. The standard InChI is InChI=1S/C17H26N2/c1-13-10-11-14-6-2-4-8-16(14)19(13)17-9-5-3-7-15(17)12-18/h2,4,6,8,13,15,17H,3,5,7,9-12,18H2,1H3. The van der Waals surface area contributed by atoms with E-state index in [0.29, 0.717) is 18.0 Å². The van der Waals surface area contributed by atoms with E-state index in [9.17, 15) is 0 Å². The van der Waals surface area contributed by atoms with Crippen LogP contribution in [0.1, 0.15) is 44.6 Å². The summed E-state index contributed by atoms with van der Waals surface area (Å²) in [5, 5.41) is 0. The van der Waals surface area contributed by atoms with Crippen LogP contribution in [0, 0.1) is 5.92 Å². The van der Waals surface area contributed by atoms with Crippen molar-refractivity contribution < 1.29 is 0 Å². The van der Waals surface area contributed by atoms with Gasteiger partial charge in [-0.25, -0.2) is 0 Å². The number of rotatable bonds is 2. The first-order valence-electron chi connectivity index (χ1n) is 7.87. The normalized spacial score (nSPS) is 31.1. The molecule has 1 heterocycles. The van der Waals surface area contributed by atoms with Crippen LogP contribution in [0.3, 0.4) is 0 Å². The lowest BCUT2D eigenvalue weighted by molar-refractivity contribution is 0.280. The van der Waals surface area contributed by atoms with E-state index in [1.165, 1.54) is 49.8 Å². The first-order valence-corrected chi connectivity index (χ1v) is 7.87. The smallest absolute Gasteiger partial charge is 0.0403 e. The van der Waals surface area contributed by atoms with Crippen molar-refractivity contribution in [3.05, 3.63) is 29.8 Å². The Hall–Kier alpha value is -1.02. The molecule has 0 bridgehead atoms. The third-order valence-electron chi connectivity index (χ3n) is 5.11. The summed E-state index contributed by atoms with van der Waals surface area (Å²) in [6.07, 6.45) is 7.88. The largest absolute Gasteiger partial charge is 0.365 e. The molecule has 3 unspecified atom stereocenters. The molecule has 2 aliphatic rings. The van der Waals surface area contributed by atoms with Crippen LogP contribution >= 0.6 is 0 Å². The van der Waals surface area contributed by atoms with Gasteiger partial charge in [-0.2, -0.15) is 0 Å². The van der Waals surface area contributed by atoms with Gasteiger partial charge in [0.15, 0.2) is 0 Å². The highest BCUT2D eigenvalue weighted by molar-refractivity contribution is 5.57. The molecule has 1 aliphatic carbocycles. The SMILES string of the molecule is CC1CCc2ccccc2N1C1CCCCC1CN. The lowest BCUT2D eigenvalue weighted by Crippen LogP contribution is -2.51. The van der Waals surface area contributed by atoms with Gasteiger partial charge in [-0.1, -0.05) is 31.0 Å². The number of hydrogen-bond acceptors (Lipinski definition) is 2. The Labute approximate surface area is 117 Å². The van der Waals surface area contributed by atoms with Crippen molar-refractivity contribution in [1.29, 1.82) is 0 Å². The average Bonchev–Trinajstić information content (AvgIpc) is 2.47. The molecular weight excluding hydrogens is 232 g/mol. The van der Waals surface area contributed by atoms with Crippen molar-refractivity contribution in [3.63, 3.8) is 0 Å². The molecule has 2 N–H and O–H groups in total. The van der Waals surface area contributed by atoms with E-state index >= 15 is 0 Å². The molecule has 0 saturated heterocycles. The maximum atomic E-state index is 6.04. The molecule has 1 aliphatic heterocycles. The lowest BCUT2D eigenvalue weighted by atomic mass is 9.81. The molecular formula is C17H26N2. The molecule has 2 nitrogen and oxygen atoms in total. The zero-order valence-electron chi connectivity index (χ0n) is 12.0. The Morgan fingerprint density at radius 3 is 2.79 bits per heavy atom. The van der Waals surface area contributed by atoms with Crippen LogP contribution in [-0.2, 0) is 6.42 Å². The van der Waals surface area contributed by atoms with Gasteiger partial charge in [0.25, 0.3) is 0 Å². The third kappa shape index (κ3) is 2.38. The Morgan fingerprint density at radius 1 is 1.16 bits per heavy atom. The number of nitrogens with zero attached hydrogens (tertiary/aromatic N) is 1. The number of hydrogen-bond donors (Lipinski definition) is 1. The van der Waals surface area contributed by atoms with E-state index < -0.39 is 0 Å². The van der Waals surface area contributed by atoms with E-state index in [4.69, 9.17) is 5.73 Å². The number of nitrogens with two attached hydrogens (primary N) is 1. The molecule has 0 radical (unpaired) electrons. The predicted molar refractivity (Wildman–Crippen MR) is 81.5 cm³/mol. The Morgan fingerprint density at radius 2 is 1.95 bits per heavy atom. The number of fused-ring (bicyclic) bond motifs is 1. The van der Waals surface area contributed by atoms with E-state index in [-0.39, 0.29) is 0 Å². The van der Waals surface area contributed by atoms with Crippen molar-refractivity contribution in [1.82, 2.24) is 0 Å². The van der Waals surface area contributed by atoms with Gasteiger partial charge in [0.1, 0.15) is 0 Å². The summed E-state index contributed by atoms with van der Waals surface area (Å²) < 4.78 is 0. The third-order valence-corrected chi connectivity index (χ3v) is 5.11. The minimum absolute atomic E-state index is 0.659. The molecule has 0 amide bonds. The fourth-order valence-electron chi connectivity index (χ4n) is 4.05. The van der Waals surface area contributed by atoms with E-state index in [0.717, 1.165) is 6.54 Å². The van der Waals surface area contributed by atoms with Crippen molar-refractivity contribution in [3.8, 4) is 0 Å². The van der Waals surface area contributed by atoms with Crippen molar-refractivity contribution in [2.45, 2.75) is 57.5 Å². The van der Waals surface area contributed by atoms with Gasteiger partial charge < -0.3 is 10.6 Å². The molecule has 0 aromatic heterocycles. The highest BCUT2D eigenvalue weighted by atomic mass is 15.2. The fourth-order valence-corrected chi connectivity index (χ4v) is 4.05. The van der Waals surface area contributed by atoms with Crippen molar-refractivity contribution in [2.24, 2.45) is 11.7 Å². The van der Waals surface area contributed by atoms with E-state index in [2.05, 4.69) is 36.1 Å². The fraction of sp³-hybridized carbons (Fsp3) is 0.647. The van der Waals surface area contributed by atoms with Gasteiger partial charge >= 0.3 is 0 Å². The molecule has 1 aromatic carbocycles. The molecule has 0 spiro atoms. The average molecular weight is 258 g/mol. The van der Waals surface area contributed by atoms with Crippen LogP contribution in [-0.4, -0.2) is 18.6 Å². The Kier molecular flexibility index (Phi) is 3.79. The van der Waals surface area contributed by atoms with E-state index in [1.54, 1.807) is 0 Å². The molecule has 1 aromatic rings. The summed E-state index contributed by atoms with van der Waals surface area (Å²) in [7, 11) is 0. The van der Waals surface area contributed by atoms with Gasteiger partial charge in [0.2, 0.25) is 0 Å². The molecule has 3 atom stereocenters. The monoisotopic (exact) mass is 258 g/mol. The minimum atomic E-state index is 0.659. The summed E-state index contributed by atoms with van der Waals surface area (Å²) in [4.78, 5) is 2.70. The van der Waals surface area contributed by atoms with Gasteiger partial charge in [-0.05, 0) is 56.7 Å². The topological polar surface area (TPSA) is 29.3 Å². The molecule has 1 saturated carbocycles. The van der Waals surface area contributed by atoms with Gasteiger partial charge in [0, 0.05) is 17.8 Å². The van der Waals surface area contributed by atoms with Crippen LogP contribution in [0.4, 0.5) is 5.69 Å². The van der Waals surface area contributed by atoms with Crippen LogP contribution in [0.25, 0.3) is 0 Å². The van der Waals surface area contributed by atoms with Crippen LogP contribution in [0.2, 0.25) is 0 Å². The highest BCUT2D eigenvalue weighted by Crippen LogP contribution is 2.38. The van der Waals surface area contributed by atoms with Crippen LogP contribution < -0.4 is 10.6 Å². The molecule has 3 rings (SSSR count). The number of benzene rings is 1. The zero-order valence-corrected chi connectivity index (χ0v) is 12.0. The van der Waals surface area contributed by atoms with Crippen LogP contribution in [0.5, 0.6) is 0 Å². The minimum Gasteiger partial charge on any atom is -0.365 e. The molecule has 2 heteroatoms. The summed E-state index contributed by atoms with van der Waals surface area (Å²) >= 11 is 0. The number of aryl methyl sites for hydroxylation is 1. The zero-order chi connectivity index (χ0) is 13.2. The van der Waals surface area contributed by atoms with Crippen LogP contribution in [0.15, 0.2) is 24.3 Å². The summed E-state index contributed by atoms with van der Waals surface area (Å²) in [6.45, 7) is 3.23. The molecule has 104 valence electrons. The van der Waals surface area contributed by atoms with Crippen molar-refractivity contribution in [2.75, 3.05) is 11.4 Å². The summed E-state index contributed by atoms with van der Waals surface area (Å²) in [5.74, 6) is 0.683. The summed E-state index contributed by atoms with van der Waals surface area (Å²) in [5.41, 5.74) is 9.05. The van der Waals surface area contributed by atoms with Gasteiger partial charge in [-0.3, -0.25) is 0 Å². The van der Waals surface area contributed by atoms with Gasteiger partial charge in [-0.15, -0.1) is 0 Å². The number of anilines is 1. The van der Waals surface area contributed by atoms with Crippen molar-refractivity contribution >= 4 is 5.69 Å². The maximum absolute atomic E-state index is 6.04. The summed E-state index contributed by atoms with van der Waals surface area (Å²) in [6, 6.07) is 10.3. The molecule has 19 heavy (non-hydrogen) atoms.